The summed E-state index contributed by atoms with van der Waals surface area (Å²) in [6.45, 7) is 11.0. The average molecular weight is 548 g/mol. The van der Waals surface area contributed by atoms with E-state index in [-0.39, 0.29) is 11.6 Å². The fourth-order valence-electron chi connectivity index (χ4n) is 3.80. The number of hydrogen-bond acceptors (Lipinski definition) is 7. The lowest BCUT2D eigenvalue weighted by molar-refractivity contribution is 0.188. The lowest BCUT2D eigenvalue weighted by Gasteiger charge is -2.21. The third-order valence-corrected chi connectivity index (χ3v) is 7.90. The second-order valence-corrected chi connectivity index (χ2v) is 12.5. The maximum Gasteiger partial charge on any atom is 0.123 e. The Morgan fingerprint density at radius 3 is 2.42 bits per heavy atom. The molecular weight excluding hydrogens is 510 g/mol. The van der Waals surface area contributed by atoms with E-state index >= 15 is 0 Å². The predicted octanol–water partition coefficient (Wildman–Crippen LogP) is 7.68. The summed E-state index contributed by atoms with van der Waals surface area (Å²) >= 11 is 3.30. The van der Waals surface area contributed by atoms with Crippen LogP contribution in [-0.2, 0) is 6.42 Å². The van der Waals surface area contributed by atoms with Crippen LogP contribution < -0.4 is 14.8 Å². The van der Waals surface area contributed by atoms with Crippen LogP contribution in [0, 0.1) is 0 Å². The molecule has 1 aromatic heterocycles. The molecule has 0 saturated carbocycles. The zero-order valence-electron chi connectivity index (χ0n) is 22.7. The number of thiazole rings is 1. The van der Waals surface area contributed by atoms with Gasteiger partial charge in [0.1, 0.15) is 10.8 Å². The first-order valence-corrected chi connectivity index (χ1v) is 14.6. The van der Waals surface area contributed by atoms with Crippen molar-refractivity contribution in [3.05, 3.63) is 84.6 Å². The largest absolute Gasteiger partial charge is 0.491 e. The highest BCUT2D eigenvalue weighted by molar-refractivity contribution is 7.97. The van der Waals surface area contributed by atoms with E-state index in [2.05, 4.69) is 61.1 Å². The van der Waals surface area contributed by atoms with Crippen LogP contribution in [0.5, 0.6) is 5.75 Å². The molecule has 0 amide bonds. The smallest absolute Gasteiger partial charge is 0.123 e. The highest BCUT2D eigenvalue weighted by atomic mass is 32.2. The summed E-state index contributed by atoms with van der Waals surface area (Å²) in [4.78, 5) is 6.94. The predicted molar refractivity (Wildman–Crippen MR) is 162 cm³/mol. The monoisotopic (exact) mass is 547 g/mol. The number of nitrogens with one attached hydrogen (secondary N) is 2. The van der Waals surface area contributed by atoms with E-state index in [1.54, 1.807) is 23.3 Å². The minimum atomic E-state index is -0.470. The Bertz CT molecular complexity index is 1300. The fraction of sp³-hybridized carbons (Fsp3) is 0.323. The van der Waals surface area contributed by atoms with Crippen molar-refractivity contribution in [2.24, 2.45) is 0 Å². The van der Waals surface area contributed by atoms with Crippen molar-refractivity contribution in [3.8, 4) is 26.8 Å². The summed E-state index contributed by atoms with van der Waals surface area (Å²) < 4.78 is 9.32. The van der Waals surface area contributed by atoms with Crippen LogP contribution >= 0.6 is 23.3 Å². The van der Waals surface area contributed by atoms with Crippen molar-refractivity contribution in [1.29, 1.82) is 0 Å². The van der Waals surface area contributed by atoms with E-state index in [4.69, 9.17) is 9.72 Å². The Morgan fingerprint density at radius 2 is 1.74 bits per heavy atom. The van der Waals surface area contributed by atoms with Crippen molar-refractivity contribution in [2.45, 2.75) is 63.7 Å². The van der Waals surface area contributed by atoms with Crippen molar-refractivity contribution >= 4 is 29.0 Å². The Hall–Kier alpha value is -2.84. The molecule has 3 aromatic carbocycles. The number of ether oxygens (including phenoxy) is 1. The second-order valence-electron chi connectivity index (χ2n) is 10.6. The summed E-state index contributed by atoms with van der Waals surface area (Å²) in [5.74, 6) is 0.865. The van der Waals surface area contributed by atoms with E-state index in [9.17, 15) is 5.11 Å². The number of rotatable bonds is 11. The van der Waals surface area contributed by atoms with Crippen molar-refractivity contribution in [1.82, 2.24) is 9.71 Å². The number of nitrogens with zero attached hydrogens (tertiary/aromatic N) is 1. The molecule has 0 spiro atoms. The number of aliphatic hydroxyl groups is 1. The Kier molecular flexibility index (Phi) is 9.49. The molecule has 5 nitrogen and oxygen atoms in total. The zero-order chi connectivity index (χ0) is 27.1. The van der Waals surface area contributed by atoms with Gasteiger partial charge in [0.25, 0.3) is 0 Å². The van der Waals surface area contributed by atoms with Crippen LogP contribution in [0.25, 0.3) is 21.0 Å². The van der Waals surface area contributed by atoms with E-state index in [0.29, 0.717) is 13.0 Å². The lowest BCUT2D eigenvalue weighted by Crippen LogP contribution is -2.29. The molecule has 0 radical (unpaired) electrons. The molecule has 0 aliphatic rings. The van der Waals surface area contributed by atoms with Crippen LogP contribution in [0.2, 0.25) is 0 Å². The summed E-state index contributed by atoms with van der Waals surface area (Å²) in [5.41, 5.74) is 4.27. The van der Waals surface area contributed by atoms with Gasteiger partial charge in [-0.15, -0.1) is 11.3 Å². The highest BCUT2D eigenvalue weighted by Crippen LogP contribution is 2.39. The van der Waals surface area contributed by atoms with Gasteiger partial charge >= 0.3 is 0 Å². The quantitative estimate of drug-likeness (QED) is 0.167. The molecule has 1 atom stereocenters. The van der Waals surface area contributed by atoms with Crippen LogP contribution in [0.15, 0.2) is 83.9 Å². The molecule has 3 N–H and O–H groups in total. The van der Waals surface area contributed by atoms with E-state index in [1.807, 2.05) is 62.5 Å². The molecule has 38 heavy (non-hydrogen) atoms. The SMILES string of the molecule is CC(C)Oc1ccc(-c2ncc(-c3ccc(NCC(O)Cc4ccccc4)cc3SNC(C)(C)C)s2)cc1. The van der Waals surface area contributed by atoms with Gasteiger partial charge in [0.05, 0.1) is 17.1 Å². The lowest BCUT2D eigenvalue weighted by atomic mass is 10.1. The summed E-state index contributed by atoms with van der Waals surface area (Å²) in [6.07, 6.45) is 2.25. The maximum absolute atomic E-state index is 10.6. The van der Waals surface area contributed by atoms with Crippen LogP contribution in [0.1, 0.15) is 40.2 Å². The van der Waals surface area contributed by atoms with Crippen molar-refractivity contribution in [2.75, 3.05) is 11.9 Å². The fourth-order valence-corrected chi connectivity index (χ4v) is 5.72. The first-order chi connectivity index (χ1) is 18.2. The molecule has 0 fully saturated rings. The van der Waals surface area contributed by atoms with E-state index < -0.39 is 6.10 Å². The van der Waals surface area contributed by atoms with Crippen molar-refractivity contribution in [3.63, 3.8) is 0 Å². The van der Waals surface area contributed by atoms with Gasteiger partial charge in [0, 0.05) is 46.4 Å². The molecule has 0 aliphatic heterocycles. The van der Waals surface area contributed by atoms with Crippen LogP contribution in [-0.4, -0.2) is 34.4 Å². The molecule has 200 valence electrons. The van der Waals surface area contributed by atoms with Gasteiger partial charge in [0.2, 0.25) is 0 Å². The van der Waals surface area contributed by atoms with Gasteiger partial charge in [-0.25, -0.2) is 4.98 Å². The molecule has 4 aromatic rings. The number of benzene rings is 3. The van der Waals surface area contributed by atoms with E-state index in [0.717, 1.165) is 42.9 Å². The third kappa shape index (κ3) is 8.33. The van der Waals surface area contributed by atoms with Gasteiger partial charge in [-0.2, -0.15) is 0 Å². The first-order valence-electron chi connectivity index (χ1n) is 12.9. The minimum Gasteiger partial charge on any atom is -0.491 e. The van der Waals surface area contributed by atoms with Gasteiger partial charge in [0.15, 0.2) is 0 Å². The van der Waals surface area contributed by atoms with Crippen LogP contribution in [0.3, 0.4) is 0 Å². The molecule has 4 rings (SSSR count). The number of hydrogen-bond donors (Lipinski definition) is 3. The standard InChI is InChI=1S/C31H37N3O2S2/c1-21(2)36-26-14-11-23(12-15-26)30-33-20-29(37-30)27-16-13-24(18-28(27)38-34-31(3,4)5)32-19-25(35)17-22-9-7-6-8-10-22/h6-16,18,20-21,25,32,34-35H,17,19H2,1-5H3. The van der Waals surface area contributed by atoms with Crippen LogP contribution in [0.4, 0.5) is 5.69 Å². The van der Waals surface area contributed by atoms with Gasteiger partial charge < -0.3 is 15.2 Å². The topological polar surface area (TPSA) is 66.4 Å². The molecule has 1 heterocycles. The van der Waals surface area contributed by atoms with Gasteiger partial charge in [-0.1, -0.05) is 36.4 Å². The Balaban J connectivity index is 1.51. The Labute approximate surface area is 234 Å². The number of aromatic nitrogens is 1. The van der Waals surface area contributed by atoms with Gasteiger partial charge in [-0.05, 0) is 88.5 Å². The number of aliphatic hydroxyl groups excluding tert-OH is 1. The summed E-state index contributed by atoms with van der Waals surface area (Å²) in [6, 6.07) is 24.5. The second kappa shape index (κ2) is 12.8. The highest BCUT2D eigenvalue weighted by Gasteiger charge is 2.16. The molecular formula is C31H37N3O2S2. The molecule has 0 aliphatic carbocycles. The minimum absolute atomic E-state index is 0.0457. The average Bonchev–Trinajstić information content (AvgIpc) is 3.37. The first kappa shape index (κ1) is 28.2. The number of anilines is 1. The Morgan fingerprint density at radius 1 is 1.00 bits per heavy atom. The maximum atomic E-state index is 10.6. The summed E-state index contributed by atoms with van der Waals surface area (Å²) in [7, 11) is 0. The van der Waals surface area contributed by atoms with E-state index in [1.165, 1.54) is 0 Å². The zero-order valence-corrected chi connectivity index (χ0v) is 24.3. The van der Waals surface area contributed by atoms with Gasteiger partial charge in [-0.3, -0.25) is 4.72 Å². The molecule has 0 saturated heterocycles. The van der Waals surface area contributed by atoms with Crippen molar-refractivity contribution < 1.29 is 9.84 Å². The summed E-state index contributed by atoms with van der Waals surface area (Å²) in [5, 5.41) is 14.9. The third-order valence-electron chi connectivity index (χ3n) is 5.55. The molecule has 1 unspecified atom stereocenters. The normalized spacial score (nSPS) is 12.5. The molecule has 0 bridgehead atoms. The molecule has 7 heteroatoms.